The van der Waals surface area contributed by atoms with Gasteiger partial charge in [-0.15, -0.1) is 0 Å². The second-order valence-electron chi connectivity index (χ2n) is 3.91. The van der Waals surface area contributed by atoms with E-state index < -0.39 is 7.12 Å². The van der Waals surface area contributed by atoms with E-state index in [4.69, 9.17) is 14.8 Å². The third kappa shape index (κ3) is 1.51. The topological polar surface area (TPSA) is 49.7 Å². The van der Waals surface area contributed by atoms with Crippen molar-refractivity contribution in [2.75, 3.05) is 0 Å². The molecule has 0 amide bonds. The van der Waals surface area contributed by atoms with Gasteiger partial charge in [0.1, 0.15) is 0 Å². The lowest BCUT2D eigenvalue weighted by atomic mass is 9.76. The average molecular weight is 170 g/mol. The maximum absolute atomic E-state index is 8.93. The number of rotatable bonds is 1. The smallest absolute Gasteiger partial charge is 0.425 e. The molecule has 1 aliphatic heterocycles. The highest BCUT2D eigenvalue weighted by Crippen LogP contribution is 2.37. The van der Waals surface area contributed by atoms with Gasteiger partial charge >= 0.3 is 7.12 Å². The van der Waals surface area contributed by atoms with E-state index in [0.29, 0.717) is 12.0 Å². The molecule has 0 bridgehead atoms. The lowest BCUT2D eigenvalue weighted by Crippen LogP contribution is -2.31. The second-order valence-corrected chi connectivity index (χ2v) is 3.91. The van der Waals surface area contributed by atoms with Crippen molar-refractivity contribution in [3.8, 4) is 0 Å². The molecule has 0 aromatic rings. The maximum atomic E-state index is 8.93. The van der Waals surface area contributed by atoms with Gasteiger partial charge in [-0.1, -0.05) is 12.8 Å². The molecule has 3 unspecified atom stereocenters. The largest absolute Gasteiger partial charge is 0.482 e. The molecule has 3 atom stereocenters. The Kier molecular flexibility index (Phi) is 2.39. The minimum absolute atomic E-state index is 0.311. The summed E-state index contributed by atoms with van der Waals surface area (Å²) in [4.78, 5) is 0. The van der Waals surface area contributed by atoms with Gasteiger partial charge in [-0.3, -0.25) is 0 Å². The van der Waals surface area contributed by atoms with Crippen LogP contribution in [0.15, 0.2) is 0 Å². The van der Waals surface area contributed by atoms with Crippen molar-refractivity contribution in [3.05, 3.63) is 0 Å². The number of hydrogen-bond donors (Lipinski definition) is 2. The minimum Gasteiger partial charge on any atom is -0.425 e. The van der Waals surface area contributed by atoms with Crippen LogP contribution in [-0.2, 0) is 4.74 Å². The molecule has 4 heteroatoms. The Morgan fingerprint density at radius 1 is 1.17 bits per heavy atom. The lowest BCUT2D eigenvalue weighted by Gasteiger charge is -2.23. The predicted molar refractivity (Wildman–Crippen MR) is 45.4 cm³/mol. The van der Waals surface area contributed by atoms with Crippen molar-refractivity contribution in [2.45, 2.75) is 44.2 Å². The van der Waals surface area contributed by atoms with E-state index >= 15 is 0 Å². The Balaban J connectivity index is 1.94. The Labute approximate surface area is 72.9 Å². The summed E-state index contributed by atoms with van der Waals surface area (Å²) in [6.45, 7) is 0. The first-order valence-corrected chi connectivity index (χ1v) is 4.79. The molecule has 1 aliphatic carbocycles. The van der Waals surface area contributed by atoms with Gasteiger partial charge in [-0.05, 0) is 25.2 Å². The molecular weight excluding hydrogens is 155 g/mol. The first-order chi connectivity index (χ1) is 5.77. The van der Waals surface area contributed by atoms with Crippen molar-refractivity contribution in [1.82, 2.24) is 0 Å². The zero-order valence-corrected chi connectivity index (χ0v) is 7.15. The monoisotopic (exact) mass is 170 g/mol. The van der Waals surface area contributed by atoms with Crippen LogP contribution in [-0.4, -0.2) is 29.3 Å². The average Bonchev–Trinajstić information content (AvgIpc) is 2.46. The maximum Gasteiger partial charge on any atom is 0.482 e. The molecule has 2 N–H and O–H groups in total. The van der Waals surface area contributed by atoms with Crippen molar-refractivity contribution >= 4 is 7.12 Å². The van der Waals surface area contributed by atoms with E-state index in [9.17, 15) is 0 Å². The summed E-state index contributed by atoms with van der Waals surface area (Å²) in [7, 11) is -1.28. The molecule has 68 valence electrons. The molecule has 2 fully saturated rings. The first kappa shape index (κ1) is 8.54. The summed E-state index contributed by atoms with van der Waals surface area (Å²) in [6, 6.07) is -0.321. The molecule has 12 heavy (non-hydrogen) atoms. The number of fused-ring (bicyclic) bond motifs is 1. The highest BCUT2D eigenvalue weighted by Gasteiger charge is 2.41. The minimum atomic E-state index is -1.28. The van der Waals surface area contributed by atoms with Crippen LogP contribution in [0.5, 0.6) is 0 Å². The molecule has 1 heterocycles. The third-order valence-electron chi connectivity index (χ3n) is 3.06. The van der Waals surface area contributed by atoms with Gasteiger partial charge < -0.3 is 14.8 Å². The molecule has 0 radical (unpaired) electrons. The van der Waals surface area contributed by atoms with Gasteiger partial charge in [0.15, 0.2) is 0 Å². The van der Waals surface area contributed by atoms with Crippen LogP contribution in [0.1, 0.15) is 32.1 Å². The van der Waals surface area contributed by atoms with Gasteiger partial charge in [0.25, 0.3) is 0 Å². The summed E-state index contributed by atoms with van der Waals surface area (Å²) in [5.74, 6) is 0.588. The van der Waals surface area contributed by atoms with E-state index in [1.54, 1.807) is 0 Å². The van der Waals surface area contributed by atoms with Crippen LogP contribution in [0, 0.1) is 5.92 Å². The fourth-order valence-corrected chi connectivity index (χ4v) is 2.39. The highest BCUT2D eigenvalue weighted by molar-refractivity contribution is 6.42. The molecule has 0 aromatic carbocycles. The van der Waals surface area contributed by atoms with Crippen LogP contribution >= 0.6 is 0 Å². The molecule has 0 aromatic heterocycles. The van der Waals surface area contributed by atoms with E-state index in [2.05, 4.69) is 0 Å². The quantitative estimate of drug-likeness (QED) is 0.558. The van der Waals surface area contributed by atoms with Crippen molar-refractivity contribution in [1.29, 1.82) is 0 Å². The summed E-state index contributed by atoms with van der Waals surface area (Å²) in [5, 5.41) is 17.9. The van der Waals surface area contributed by atoms with Crippen LogP contribution in [0.25, 0.3) is 0 Å². The standard InChI is InChI=1S/C8H15BO3/c10-9(11)8-5-6-3-1-2-4-7(6)12-8/h6-8,10-11H,1-5H2. The second kappa shape index (κ2) is 3.36. The SMILES string of the molecule is OB(O)C1CC2CCCCC2O1. The van der Waals surface area contributed by atoms with Gasteiger partial charge in [0.2, 0.25) is 0 Å². The Hall–Kier alpha value is -0.0551. The molecule has 3 nitrogen and oxygen atoms in total. The van der Waals surface area contributed by atoms with Gasteiger partial charge in [0, 0.05) is 0 Å². The lowest BCUT2D eigenvalue weighted by molar-refractivity contribution is 0.0369. The Bertz CT molecular complexity index is 148. The fourth-order valence-electron chi connectivity index (χ4n) is 2.39. The van der Waals surface area contributed by atoms with Crippen molar-refractivity contribution in [3.63, 3.8) is 0 Å². The van der Waals surface area contributed by atoms with E-state index in [1.807, 2.05) is 0 Å². The normalized spacial score (nSPS) is 41.0. The molecule has 1 saturated heterocycles. The molecule has 2 aliphatic rings. The van der Waals surface area contributed by atoms with Gasteiger partial charge in [0.05, 0.1) is 12.1 Å². The molecule has 2 rings (SSSR count). The summed E-state index contributed by atoms with van der Waals surface area (Å²) >= 11 is 0. The molecule has 0 spiro atoms. The zero-order valence-electron chi connectivity index (χ0n) is 7.15. The fraction of sp³-hybridized carbons (Fsp3) is 1.00. The zero-order chi connectivity index (χ0) is 8.55. The van der Waals surface area contributed by atoms with Crippen molar-refractivity contribution in [2.24, 2.45) is 5.92 Å². The highest BCUT2D eigenvalue weighted by atomic mass is 16.5. The van der Waals surface area contributed by atoms with Crippen LogP contribution in [0.4, 0.5) is 0 Å². The van der Waals surface area contributed by atoms with Gasteiger partial charge in [-0.25, -0.2) is 0 Å². The summed E-state index contributed by atoms with van der Waals surface area (Å²) in [5.41, 5.74) is 0. The number of ether oxygens (including phenoxy) is 1. The number of hydrogen-bond acceptors (Lipinski definition) is 3. The summed E-state index contributed by atoms with van der Waals surface area (Å²) in [6.07, 6.45) is 5.96. The molecular formula is C8H15BO3. The van der Waals surface area contributed by atoms with E-state index in [1.165, 1.54) is 19.3 Å². The third-order valence-corrected chi connectivity index (χ3v) is 3.06. The Morgan fingerprint density at radius 2 is 1.92 bits per heavy atom. The predicted octanol–water partition coefficient (Wildman–Crippen LogP) is 0.346. The van der Waals surface area contributed by atoms with E-state index in [-0.39, 0.29) is 6.00 Å². The molecule has 1 saturated carbocycles. The van der Waals surface area contributed by atoms with Crippen LogP contribution in [0.2, 0.25) is 0 Å². The van der Waals surface area contributed by atoms with E-state index in [0.717, 1.165) is 12.8 Å². The van der Waals surface area contributed by atoms with Gasteiger partial charge in [-0.2, -0.15) is 0 Å². The first-order valence-electron chi connectivity index (χ1n) is 4.79. The Morgan fingerprint density at radius 3 is 2.58 bits per heavy atom. The van der Waals surface area contributed by atoms with Crippen LogP contribution in [0.3, 0.4) is 0 Å². The van der Waals surface area contributed by atoms with Crippen molar-refractivity contribution < 1.29 is 14.8 Å². The summed E-state index contributed by atoms with van der Waals surface area (Å²) < 4.78 is 5.53. The van der Waals surface area contributed by atoms with Crippen LogP contribution < -0.4 is 0 Å².